The number of piperazine rings is 1. The molecular formula is C9H18N2O3. The van der Waals surface area contributed by atoms with Crippen molar-refractivity contribution >= 4 is 5.97 Å². The second kappa shape index (κ2) is 5.95. The summed E-state index contributed by atoms with van der Waals surface area (Å²) in [5.74, 6) is -0.763. The molecule has 14 heavy (non-hydrogen) atoms. The van der Waals surface area contributed by atoms with Crippen molar-refractivity contribution in [2.24, 2.45) is 0 Å². The Bertz CT molecular complexity index is 187. The van der Waals surface area contributed by atoms with Crippen LogP contribution in [-0.2, 0) is 4.79 Å². The van der Waals surface area contributed by atoms with Crippen molar-refractivity contribution in [3.05, 3.63) is 0 Å². The molecular weight excluding hydrogens is 184 g/mol. The number of aliphatic hydroxyl groups excluding tert-OH is 1. The molecule has 0 bridgehead atoms. The van der Waals surface area contributed by atoms with Crippen LogP contribution in [0, 0.1) is 0 Å². The van der Waals surface area contributed by atoms with Crippen molar-refractivity contribution in [2.75, 3.05) is 32.8 Å². The molecule has 0 aromatic heterocycles. The quantitative estimate of drug-likeness (QED) is 0.505. The van der Waals surface area contributed by atoms with Gasteiger partial charge in [0.15, 0.2) is 0 Å². The molecule has 1 fully saturated rings. The molecule has 1 aliphatic rings. The zero-order valence-electron chi connectivity index (χ0n) is 8.28. The molecule has 5 nitrogen and oxygen atoms in total. The van der Waals surface area contributed by atoms with E-state index in [2.05, 4.69) is 5.32 Å². The third-order valence-corrected chi connectivity index (χ3v) is 2.49. The first-order valence-corrected chi connectivity index (χ1v) is 5.04. The summed E-state index contributed by atoms with van der Waals surface area (Å²) in [5, 5.41) is 20.6. The maximum absolute atomic E-state index is 10.9. The summed E-state index contributed by atoms with van der Waals surface area (Å²) in [6.07, 6.45) is 1.61. The molecule has 0 aromatic rings. The van der Waals surface area contributed by atoms with E-state index in [9.17, 15) is 4.79 Å². The van der Waals surface area contributed by atoms with Crippen molar-refractivity contribution in [2.45, 2.75) is 18.9 Å². The van der Waals surface area contributed by atoms with E-state index >= 15 is 0 Å². The maximum atomic E-state index is 10.9. The van der Waals surface area contributed by atoms with Crippen LogP contribution in [0.1, 0.15) is 12.8 Å². The Kier molecular flexibility index (Phi) is 4.86. The van der Waals surface area contributed by atoms with Crippen LogP contribution in [-0.4, -0.2) is 59.9 Å². The molecule has 0 spiro atoms. The molecule has 1 rings (SSSR count). The van der Waals surface area contributed by atoms with Crippen LogP contribution >= 0.6 is 0 Å². The molecule has 1 aliphatic heterocycles. The highest BCUT2D eigenvalue weighted by Crippen LogP contribution is 2.05. The van der Waals surface area contributed by atoms with Crippen molar-refractivity contribution in [3.63, 3.8) is 0 Å². The number of rotatable bonds is 5. The fourth-order valence-corrected chi connectivity index (χ4v) is 1.68. The Morgan fingerprint density at radius 2 is 2.29 bits per heavy atom. The van der Waals surface area contributed by atoms with Gasteiger partial charge in [0.05, 0.1) is 0 Å². The summed E-state index contributed by atoms with van der Waals surface area (Å²) >= 11 is 0. The van der Waals surface area contributed by atoms with Crippen molar-refractivity contribution in [1.82, 2.24) is 10.2 Å². The third-order valence-electron chi connectivity index (χ3n) is 2.49. The number of hydrogen-bond acceptors (Lipinski definition) is 4. The molecule has 0 radical (unpaired) electrons. The molecule has 0 saturated carbocycles. The van der Waals surface area contributed by atoms with Crippen molar-refractivity contribution in [3.8, 4) is 0 Å². The fourth-order valence-electron chi connectivity index (χ4n) is 1.68. The van der Waals surface area contributed by atoms with Crippen LogP contribution < -0.4 is 5.32 Å². The molecule has 5 heteroatoms. The van der Waals surface area contributed by atoms with E-state index in [1.54, 1.807) is 0 Å². The van der Waals surface area contributed by atoms with E-state index in [1.807, 2.05) is 4.90 Å². The van der Waals surface area contributed by atoms with E-state index < -0.39 is 12.0 Å². The Labute approximate surface area is 83.7 Å². The molecule has 82 valence electrons. The SMILES string of the molecule is O=C(O)C1CNCCN1CCCCO. The lowest BCUT2D eigenvalue weighted by molar-refractivity contribution is -0.143. The molecule has 1 heterocycles. The van der Waals surface area contributed by atoms with Gasteiger partial charge in [0.2, 0.25) is 0 Å². The zero-order chi connectivity index (χ0) is 10.4. The monoisotopic (exact) mass is 202 g/mol. The molecule has 0 amide bonds. The largest absolute Gasteiger partial charge is 0.480 e. The Morgan fingerprint density at radius 3 is 2.93 bits per heavy atom. The standard InChI is InChI=1S/C9H18N2O3/c12-6-2-1-4-11-5-3-10-7-8(11)9(13)14/h8,10,12H,1-7H2,(H,13,14). The van der Waals surface area contributed by atoms with Crippen LogP contribution in [0.25, 0.3) is 0 Å². The number of unbranched alkanes of at least 4 members (excludes halogenated alkanes) is 1. The van der Waals surface area contributed by atoms with Gasteiger partial charge in [0.1, 0.15) is 6.04 Å². The second-order valence-electron chi connectivity index (χ2n) is 3.52. The highest BCUT2D eigenvalue weighted by molar-refractivity contribution is 5.73. The van der Waals surface area contributed by atoms with Crippen LogP contribution in [0.3, 0.4) is 0 Å². The van der Waals surface area contributed by atoms with Crippen LogP contribution in [0.15, 0.2) is 0 Å². The number of aliphatic hydroxyl groups is 1. The lowest BCUT2D eigenvalue weighted by Gasteiger charge is -2.33. The van der Waals surface area contributed by atoms with Crippen molar-refractivity contribution in [1.29, 1.82) is 0 Å². The van der Waals surface area contributed by atoms with Crippen molar-refractivity contribution < 1.29 is 15.0 Å². The summed E-state index contributed by atoms with van der Waals surface area (Å²) < 4.78 is 0. The first-order chi connectivity index (χ1) is 6.75. The average Bonchev–Trinajstić information content (AvgIpc) is 2.19. The number of nitrogens with one attached hydrogen (secondary N) is 1. The molecule has 0 aromatic carbocycles. The molecule has 1 unspecified atom stereocenters. The average molecular weight is 202 g/mol. The molecule has 1 atom stereocenters. The minimum atomic E-state index is -0.763. The Balaban J connectivity index is 2.34. The highest BCUT2D eigenvalue weighted by atomic mass is 16.4. The lowest BCUT2D eigenvalue weighted by atomic mass is 10.1. The second-order valence-corrected chi connectivity index (χ2v) is 3.52. The van der Waals surface area contributed by atoms with Gasteiger partial charge in [0.25, 0.3) is 0 Å². The smallest absolute Gasteiger partial charge is 0.322 e. The van der Waals surface area contributed by atoms with Crippen LogP contribution in [0.2, 0.25) is 0 Å². The molecule has 0 aliphatic carbocycles. The Morgan fingerprint density at radius 1 is 1.50 bits per heavy atom. The fraction of sp³-hybridized carbons (Fsp3) is 0.889. The van der Waals surface area contributed by atoms with E-state index in [-0.39, 0.29) is 6.61 Å². The minimum absolute atomic E-state index is 0.184. The van der Waals surface area contributed by atoms with E-state index in [0.29, 0.717) is 6.54 Å². The predicted molar refractivity (Wildman–Crippen MR) is 52.2 cm³/mol. The highest BCUT2D eigenvalue weighted by Gasteiger charge is 2.27. The van der Waals surface area contributed by atoms with Gasteiger partial charge >= 0.3 is 5.97 Å². The number of hydrogen-bond donors (Lipinski definition) is 3. The lowest BCUT2D eigenvalue weighted by Crippen LogP contribution is -2.55. The van der Waals surface area contributed by atoms with Gasteiger partial charge in [-0.3, -0.25) is 9.69 Å². The van der Waals surface area contributed by atoms with Crippen LogP contribution in [0.4, 0.5) is 0 Å². The first-order valence-electron chi connectivity index (χ1n) is 5.04. The summed E-state index contributed by atoms with van der Waals surface area (Å²) in [6.45, 7) is 3.10. The zero-order valence-corrected chi connectivity index (χ0v) is 8.28. The number of carboxylic acids is 1. The van der Waals surface area contributed by atoms with Gasteiger partial charge in [-0.05, 0) is 19.4 Å². The number of nitrogens with zero attached hydrogens (tertiary/aromatic N) is 1. The van der Waals surface area contributed by atoms with E-state index in [4.69, 9.17) is 10.2 Å². The summed E-state index contributed by atoms with van der Waals surface area (Å²) in [7, 11) is 0. The first kappa shape index (κ1) is 11.4. The van der Waals surface area contributed by atoms with E-state index in [0.717, 1.165) is 32.5 Å². The summed E-state index contributed by atoms with van der Waals surface area (Å²) in [5.41, 5.74) is 0. The molecule has 3 N–H and O–H groups in total. The van der Waals surface area contributed by atoms with Gasteiger partial charge < -0.3 is 15.5 Å². The summed E-state index contributed by atoms with van der Waals surface area (Å²) in [6, 6.07) is -0.401. The van der Waals surface area contributed by atoms with Gasteiger partial charge in [-0.2, -0.15) is 0 Å². The van der Waals surface area contributed by atoms with Gasteiger partial charge in [0, 0.05) is 26.2 Å². The van der Waals surface area contributed by atoms with Gasteiger partial charge in [-0.15, -0.1) is 0 Å². The molecule has 1 saturated heterocycles. The summed E-state index contributed by atoms with van der Waals surface area (Å²) in [4.78, 5) is 12.8. The third kappa shape index (κ3) is 3.25. The number of carboxylic acid groups (broad SMARTS) is 1. The van der Waals surface area contributed by atoms with E-state index in [1.165, 1.54) is 0 Å². The minimum Gasteiger partial charge on any atom is -0.480 e. The Hall–Kier alpha value is -0.650. The normalized spacial score (nSPS) is 23.6. The van der Waals surface area contributed by atoms with Gasteiger partial charge in [-0.25, -0.2) is 0 Å². The predicted octanol–water partition coefficient (Wildman–Crippen LogP) is -0.883. The topological polar surface area (TPSA) is 72.8 Å². The number of aliphatic carboxylic acids is 1. The van der Waals surface area contributed by atoms with Gasteiger partial charge in [-0.1, -0.05) is 0 Å². The maximum Gasteiger partial charge on any atom is 0.322 e. The van der Waals surface area contributed by atoms with Crippen LogP contribution in [0.5, 0.6) is 0 Å². The number of carbonyl (C=O) groups is 1.